The zero-order valence-corrected chi connectivity index (χ0v) is 12.6. The van der Waals surface area contributed by atoms with Gasteiger partial charge in [-0.1, -0.05) is 6.07 Å². The minimum absolute atomic E-state index is 0.309. The molecule has 5 heteroatoms. The van der Waals surface area contributed by atoms with Gasteiger partial charge in [0.1, 0.15) is 11.6 Å². The maximum atomic E-state index is 13.4. The van der Waals surface area contributed by atoms with Gasteiger partial charge in [-0.05, 0) is 58.7 Å². The average Bonchev–Trinajstić information content (AvgIpc) is 2.42. The van der Waals surface area contributed by atoms with Gasteiger partial charge < -0.3 is 10.1 Å². The lowest BCUT2D eigenvalue weighted by Gasteiger charge is -2.08. The predicted molar refractivity (Wildman–Crippen MR) is 79.8 cm³/mol. The Hall–Kier alpha value is -1.88. The molecule has 1 N–H and O–H groups in total. The molecule has 0 unspecified atom stereocenters. The first-order valence-electron chi connectivity index (χ1n) is 5.92. The number of benzene rings is 2. The number of ether oxygens (including phenoxy) is 1. The molecule has 3 nitrogen and oxygen atoms in total. The summed E-state index contributed by atoms with van der Waals surface area (Å²) in [6, 6.07) is 9.56. The Bertz CT molecular complexity index is 658. The van der Waals surface area contributed by atoms with Crippen molar-refractivity contribution in [1.29, 1.82) is 0 Å². The number of nitrogens with one attached hydrogen (secondary N) is 1. The molecular formula is C15H13BrFNO2. The van der Waals surface area contributed by atoms with E-state index in [1.807, 2.05) is 0 Å². The molecule has 0 heterocycles. The number of anilines is 1. The van der Waals surface area contributed by atoms with Crippen molar-refractivity contribution in [2.45, 2.75) is 6.92 Å². The van der Waals surface area contributed by atoms with Gasteiger partial charge in [-0.25, -0.2) is 4.39 Å². The Morgan fingerprint density at radius 1 is 1.25 bits per heavy atom. The van der Waals surface area contributed by atoms with Crippen molar-refractivity contribution < 1.29 is 13.9 Å². The van der Waals surface area contributed by atoms with Crippen LogP contribution in [0.5, 0.6) is 5.75 Å². The first kappa shape index (κ1) is 14.5. The largest absolute Gasteiger partial charge is 0.496 e. The summed E-state index contributed by atoms with van der Waals surface area (Å²) in [5, 5.41) is 2.65. The van der Waals surface area contributed by atoms with Crippen molar-refractivity contribution in [3.05, 3.63) is 57.8 Å². The summed E-state index contributed by atoms with van der Waals surface area (Å²) < 4.78 is 19.2. The van der Waals surface area contributed by atoms with Gasteiger partial charge in [0, 0.05) is 11.3 Å². The zero-order valence-electron chi connectivity index (χ0n) is 11.0. The summed E-state index contributed by atoms with van der Waals surface area (Å²) in [6.45, 7) is 1.67. The summed E-state index contributed by atoms with van der Waals surface area (Å²) in [6.07, 6.45) is 0. The van der Waals surface area contributed by atoms with E-state index in [1.165, 1.54) is 6.07 Å². The molecule has 0 saturated carbocycles. The number of halogens is 2. The van der Waals surface area contributed by atoms with Crippen molar-refractivity contribution in [2.75, 3.05) is 12.4 Å². The molecule has 2 aromatic carbocycles. The average molecular weight is 338 g/mol. The first-order valence-corrected chi connectivity index (χ1v) is 6.71. The number of amides is 1. The van der Waals surface area contributed by atoms with Crippen LogP contribution in [0.15, 0.2) is 40.9 Å². The van der Waals surface area contributed by atoms with Crippen molar-refractivity contribution in [2.24, 2.45) is 0 Å². The van der Waals surface area contributed by atoms with E-state index in [9.17, 15) is 9.18 Å². The van der Waals surface area contributed by atoms with Crippen LogP contribution in [-0.2, 0) is 0 Å². The summed E-state index contributed by atoms with van der Waals surface area (Å²) in [5.74, 6) is -0.0155. The maximum Gasteiger partial charge on any atom is 0.255 e. The molecule has 0 aliphatic heterocycles. The van der Waals surface area contributed by atoms with Crippen LogP contribution in [0.4, 0.5) is 10.1 Å². The number of methoxy groups -OCH3 is 1. The number of rotatable bonds is 3. The Balaban J connectivity index is 2.19. The molecule has 1 amide bonds. The van der Waals surface area contributed by atoms with Gasteiger partial charge in [0.25, 0.3) is 5.91 Å². The Morgan fingerprint density at radius 2 is 2.00 bits per heavy atom. The third-order valence-electron chi connectivity index (χ3n) is 2.84. The second-order valence-electron chi connectivity index (χ2n) is 4.27. The summed E-state index contributed by atoms with van der Waals surface area (Å²) in [7, 11) is 1.55. The predicted octanol–water partition coefficient (Wildman–Crippen LogP) is 4.16. The van der Waals surface area contributed by atoms with E-state index in [1.54, 1.807) is 44.4 Å². The molecule has 2 rings (SSSR count). The van der Waals surface area contributed by atoms with Gasteiger partial charge >= 0.3 is 0 Å². The van der Waals surface area contributed by atoms with Crippen molar-refractivity contribution in [1.82, 2.24) is 0 Å². The van der Waals surface area contributed by atoms with Crippen LogP contribution < -0.4 is 10.1 Å². The van der Waals surface area contributed by atoms with Gasteiger partial charge in [-0.3, -0.25) is 4.79 Å². The highest BCUT2D eigenvalue weighted by Crippen LogP contribution is 2.26. The van der Waals surface area contributed by atoms with Crippen molar-refractivity contribution >= 4 is 27.5 Å². The number of hydrogen-bond acceptors (Lipinski definition) is 2. The third-order valence-corrected chi connectivity index (χ3v) is 3.46. The van der Waals surface area contributed by atoms with E-state index < -0.39 is 0 Å². The van der Waals surface area contributed by atoms with Crippen molar-refractivity contribution in [3.63, 3.8) is 0 Å². The molecule has 0 fully saturated rings. The molecule has 0 atom stereocenters. The number of carbonyl (C=O) groups is 1. The quantitative estimate of drug-likeness (QED) is 0.913. The summed E-state index contributed by atoms with van der Waals surface area (Å²) in [4.78, 5) is 12.1. The fourth-order valence-corrected chi connectivity index (χ4v) is 2.22. The Morgan fingerprint density at radius 3 is 2.60 bits per heavy atom. The fraction of sp³-hybridized carbons (Fsp3) is 0.133. The molecule has 104 valence electrons. The zero-order chi connectivity index (χ0) is 14.7. The smallest absolute Gasteiger partial charge is 0.255 e. The molecule has 0 bridgehead atoms. The monoisotopic (exact) mass is 337 g/mol. The van der Waals surface area contributed by atoms with Gasteiger partial charge in [-0.2, -0.15) is 0 Å². The third kappa shape index (κ3) is 3.17. The summed E-state index contributed by atoms with van der Waals surface area (Å²) in [5.41, 5.74) is 1.42. The minimum atomic E-state index is -0.348. The molecular weight excluding hydrogens is 325 g/mol. The van der Waals surface area contributed by atoms with E-state index >= 15 is 0 Å². The van der Waals surface area contributed by atoms with Crippen LogP contribution in [0.1, 0.15) is 15.9 Å². The van der Waals surface area contributed by atoms with E-state index in [4.69, 9.17) is 4.74 Å². The highest BCUT2D eigenvalue weighted by molar-refractivity contribution is 9.10. The lowest BCUT2D eigenvalue weighted by molar-refractivity contribution is 0.102. The van der Waals surface area contributed by atoms with Gasteiger partial charge in [0.2, 0.25) is 0 Å². The van der Waals surface area contributed by atoms with E-state index in [0.29, 0.717) is 27.0 Å². The van der Waals surface area contributed by atoms with E-state index in [-0.39, 0.29) is 11.7 Å². The molecule has 0 saturated heterocycles. The highest BCUT2D eigenvalue weighted by Gasteiger charge is 2.10. The van der Waals surface area contributed by atoms with Crippen LogP contribution in [-0.4, -0.2) is 13.0 Å². The van der Waals surface area contributed by atoms with Gasteiger partial charge in [-0.15, -0.1) is 0 Å². The first-order chi connectivity index (χ1) is 9.51. The molecule has 20 heavy (non-hydrogen) atoms. The second-order valence-corrected chi connectivity index (χ2v) is 5.12. The minimum Gasteiger partial charge on any atom is -0.496 e. The van der Waals surface area contributed by atoms with Gasteiger partial charge in [0.15, 0.2) is 0 Å². The lowest BCUT2D eigenvalue weighted by Crippen LogP contribution is -2.12. The van der Waals surface area contributed by atoms with Crippen molar-refractivity contribution in [3.8, 4) is 5.75 Å². The summed E-state index contributed by atoms with van der Waals surface area (Å²) >= 11 is 3.32. The van der Waals surface area contributed by atoms with Crippen LogP contribution >= 0.6 is 15.9 Å². The van der Waals surface area contributed by atoms with Crippen LogP contribution in [0.3, 0.4) is 0 Å². The molecule has 0 aliphatic rings. The number of carbonyl (C=O) groups excluding carboxylic acids is 1. The van der Waals surface area contributed by atoms with Crippen LogP contribution in [0, 0.1) is 12.7 Å². The van der Waals surface area contributed by atoms with E-state index in [2.05, 4.69) is 21.2 Å². The van der Waals surface area contributed by atoms with E-state index in [0.717, 1.165) is 0 Å². The molecule has 0 spiro atoms. The number of aryl methyl sites for hydroxylation is 1. The molecule has 0 radical (unpaired) electrons. The standard InChI is InChI=1S/C15H13BrFNO2/c1-9-3-5-11(8-13(9)17)18-15(19)10-4-6-14(20-2)12(16)7-10/h3-8H,1-2H3,(H,18,19). The number of hydrogen-bond donors (Lipinski definition) is 1. The SMILES string of the molecule is COc1ccc(C(=O)Nc2ccc(C)c(F)c2)cc1Br. The molecule has 0 aliphatic carbocycles. The normalized spacial score (nSPS) is 10.2. The fourth-order valence-electron chi connectivity index (χ4n) is 1.68. The highest BCUT2D eigenvalue weighted by atomic mass is 79.9. The Kier molecular flexibility index (Phi) is 4.39. The second kappa shape index (κ2) is 6.05. The Labute approximate surface area is 124 Å². The topological polar surface area (TPSA) is 38.3 Å². The van der Waals surface area contributed by atoms with Crippen LogP contribution in [0.2, 0.25) is 0 Å². The lowest BCUT2D eigenvalue weighted by atomic mass is 10.2. The molecule has 2 aromatic rings. The van der Waals surface area contributed by atoms with Gasteiger partial charge in [0.05, 0.1) is 11.6 Å². The maximum absolute atomic E-state index is 13.4. The van der Waals surface area contributed by atoms with Crippen LogP contribution in [0.25, 0.3) is 0 Å². The molecule has 0 aromatic heterocycles.